The molecular weight excluding hydrogens is 272 g/mol. The number of ether oxygens (including phenoxy) is 1. The second kappa shape index (κ2) is 5.73. The number of nitrogens with zero attached hydrogens (tertiary/aromatic N) is 1. The van der Waals surface area contributed by atoms with Crippen LogP contribution < -0.4 is 15.0 Å². The van der Waals surface area contributed by atoms with Gasteiger partial charge in [-0.1, -0.05) is 18.6 Å². The van der Waals surface area contributed by atoms with Crippen molar-refractivity contribution in [2.24, 2.45) is 0 Å². The highest BCUT2D eigenvalue weighted by Crippen LogP contribution is 2.34. The largest absolute Gasteiger partial charge is 0.478 e. The van der Waals surface area contributed by atoms with E-state index in [2.05, 4.69) is 5.32 Å². The molecule has 0 saturated carbocycles. The first kappa shape index (κ1) is 13.9. The Morgan fingerprint density at radius 1 is 1.29 bits per heavy atom. The first-order chi connectivity index (χ1) is 10.2. The smallest absolute Gasteiger partial charge is 0.346 e. The number of carbonyl (C=O) groups is 2. The van der Waals surface area contributed by atoms with Crippen molar-refractivity contribution in [3.05, 3.63) is 24.3 Å². The minimum Gasteiger partial charge on any atom is -0.478 e. The summed E-state index contributed by atoms with van der Waals surface area (Å²) in [6, 6.07) is 6.83. The molecule has 1 saturated heterocycles. The van der Waals surface area contributed by atoms with Crippen molar-refractivity contribution in [2.45, 2.75) is 31.4 Å². The highest BCUT2D eigenvalue weighted by molar-refractivity contribution is 5.99. The Balaban J connectivity index is 1.88. The molecule has 0 aliphatic carbocycles. The monoisotopic (exact) mass is 290 g/mol. The average Bonchev–Trinajstić information content (AvgIpc) is 2.54. The minimum atomic E-state index is -1.06. The van der Waals surface area contributed by atoms with Crippen molar-refractivity contribution in [1.29, 1.82) is 0 Å². The zero-order valence-electron chi connectivity index (χ0n) is 11.6. The van der Waals surface area contributed by atoms with Crippen molar-refractivity contribution in [3.63, 3.8) is 0 Å². The molecule has 6 heteroatoms. The predicted molar refractivity (Wildman–Crippen MR) is 76.5 cm³/mol. The topological polar surface area (TPSA) is 78.9 Å². The molecule has 0 bridgehead atoms. The van der Waals surface area contributed by atoms with Crippen molar-refractivity contribution < 1.29 is 19.4 Å². The van der Waals surface area contributed by atoms with Gasteiger partial charge in [0.1, 0.15) is 5.75 Å². The van der Waals surface area contributed by atoms with Crippen molar-refractivity contribution in [1.82, 2.24) is 5.32 Å². The van der Waals surface area contributed by atoms with Gasteiger partial charge in [0.2, 0.25) is 12.0 Å². The van der Waals surface area contributed by atoms with Gasteiger partial charge in [0, 0.05) is 0 Å². The summed E-state index contributed by atoms with van der Waals surface area (Å²) >= 11 is 0. The molecule has 3 rings (SSSR count). The molecule has 1 amide bonds. The number of hydrogen-bond donors (Lipinski definition) is 2. The Hall–Kier alpha value is -2.08. The van der Waals surface area contributed by atoms with Crippen LogP contribution in [-0.4, -0.2) is 42.2 Å². The summed E-state index contributed by atoms with van der Waals surface area (Å²) in [5, 5.41) is 12.4. The molecule has 2 N–H and O–H groups in total. The normalized spacial score (nSPS) is 24.9. The van der Waals surface area contributed by atoms with Crippen LogP contribution in [0, 0.1) is 0 Å². The van der Waals surface area contributed by atoms with Gasteiger partial charge in [-0.15, -0.1) is 0 Å². The molecule has 2 atom stereocenters. The van der Waals surface area contributed by atoms with E-state index >= 15 is 0 Å². The third kappa shape index (κ3) is 2.71. The first-order valence-electron chi connectivity index (χ1n) is 7.20. The summed E-state index contributed by atoms with van der Waals surface area (Å²) in [6.07, 6.45) is 1.85. The first-order valence-corrected chi connectivity index (χ1v) is 7.20. The van der Waals surface area contributed by atoms with Gasteiger partial charge in [-0.3, -0.25) is 4.79 Å². The highest BCUT2D eigenvalue weighted by atomic mass is 16.5. The molecule has 1 fully saturated rings. The summed E-state index contributed by atoms with van der Waals surface area (Å²) in [7, 11) is 0. The summed E-state index contributed by atoms with van der Waals surface area (Å²) < 4.78 is 5.45. The zero-order chi connectivity index (χ0) is 14.8. The highest BCUT2D eigenvalue weighted by Gasteiger charge is 2.36. The van der Waals surface area contributed by atoms with Crippen LogP contribution in [0.2, 0.25) is 0 Å². The molecule has 1 aromatic carbocycles. The Kier molecular flexibility index (Phi) is 3.79. The van der Waals surface area contributed by atoms with E-state index in [1.165, 1.54) is 0 Å². The number of nitrogens with one attached hydrogen (secondary N) is 1. The van der Waals surface area contributed by atoms with E-state index in [4.69, 9.17) is 4.74 Å². The number of carboxylic acids is 1. The molecule has 2 aliphatic heterocycles. The van der Waals surface area contributed by atoms with Gasteiger partial charge in [-0.2, -0.15) is 0 Å². The van der Waals surface area contributed by atoms with Crippen LogP contribution >= 0.6 is 0 Å². The fourth-order valence-corrected chi connectivity index (χ4v) is 2.82. The number of piperidine rings is 1. The predicted octanol–water partition coefficient (Wildman–Crippen LogP) is 1.01. The average molecular weight is 290 g/mol. The fraction of sp³-hybridized carbons (Fsp3) is 0.467. The second-order valence-electron chi connectivity index (χ2n) is 5.36. The third-order valence-electron chi connectivity index (χ3n) is 3.92. The summed E-state index contributed by atoms with van der Waals surface area (Å²) in [5.74, 6) is -0.684. The summed E-state index contributed by atoms with van der Waals surface area (Å²) in [6.45, 7) is 0.869. The van der Waals surface area contributed by atoms with Gasteiger partial charge in [-0.05, 0) is 31.5 Å². The van der Waals surface area contributed by atoms with Gasteiger partial charge in [0.25, 0.3) is 0 Å². The standard InChI is InChI=1S/C15H18N2O4/c18-14(10-5-3-4-8-16-10)17-9-13(15(19)20)21-12-7-2-1-6-11(12)17/h1-2,6-7,10,13,16H,3-5,8-9H2,(H,19,20). The maximum absolute atomic E-state index is 12.7. The molecule has 0 spiro atoms. The van der Waals surface area contributed by atoms with Crippen molar-refractivity contribution >= 4 is 17.6 Å². The number of para-hydroxylation sites is 2. The second-order valence-corrected chi connectivity index (χ2v) is 5.36. The molecule has 0 aromatic heterocycles. The molecule has 2 heterocycles. The molecule has 2 aliphatic rings. The third-order valence-corrected chi connectivity index (χ3v) is 3.92. The van der Waals surface area contributed by atoms with E-state index in [-0.39, 0.29) is 18.5 Å². The Labute approximate surface area is 122 Å². The van der Waals surface area contributed by atoms with E-state index in [1.807, 2.05) is 6.07 Å². The fourth-order valence-electron chi connectivity index (χ4n) is 2.82. The van der Waals surface area contributed by atoms with Gasteiger partial charge in [-0.25, -0.2) is 4.79 Å². The SMILES string of the molecule is O=C(O)C1CN(C(=O)C2CCCCN2)c2ccccc2O1. The lowest BCUT2D eigenvalue weighted by Gasteiger charge is -2.36. The zero-order valence-corrected chi connectivity index (χ0v) is 11.6. The number of carbonyl (C=O) groups excluding carboxylic acids is 1. The summed E-state index contributed by atoms with van der Waals surface area (Å²) in [5.41, 5.74) is 0.646. The lowest BCUT2D eigenvalue weighted by Crippen LogP contribution is -2.54. The van der Waals surface area contributed by atoms with Crippen LogP contribution in [0.25, 0.3) is 0 Å². The number of benzene rings is 1. The van der Waals surface area contributed by atoms with E-state index in [1.54, 1.807) is 23.1 Å². The van der Waals surface area contributed by atoms with Gasteiger partial charge < -0.3 is 20.1 Å². The van der Waals surface area contributed by atoms with Crippen LogP contribution in [0.3, 0.4) is 0 Å². The molecule has 6 nitrogen and oxygen atoms in total. The Morgan fingerprint density at radius 2 is 2.10 bits per heavy atom. The Morgan fingerprint density at radius 3 is 2.81 bits per heavy atom. The number of anilines is 1. The number of rotatable bonds is 2. The quantitative estimate of drug-likeness (QED) is 0.850. The van der Waals surface area contributed by atoms with Gasteiger partial charge in [0.15, 0.2) is 0 Å². The van der Waals surface area contributed by atoms with Gasteiger partial charge in [0.05, 0.1) is 18.3 Å². The molecule has 21 heavy (non-hydrogen) atoms. The van der Waals surface area contributed by atoms with E-state index in [0.717, 1.165) is 25.8 Å². The number of carboxylic acid groups (broad SMARTS) is 1. The van der Waals surface area contributed by atoms with Crippen LogP contribution in [0.5, 0.6) is 5.75 Å². The molecule has 2 unspecified atom stereocenters. The molecule has 1 aromatic rings. The lowest BCUT2D eigenvalue weighted by atomic mass is 10.0. The summed E-state index contributed by atoms with van der Waals surface area (Å²) in [4.78, 5) is 25.5. The van der Waals surface area contributed by atoms with Crippen molar-refractivity contribution in [2.75, 3.05) is 18.0 Å². The van der Waals surface area contributed by atoms with E-state index < -0.39 is 12.1 Å². The number of hydrogen-bond acceptors (Lipinski definition) is 4. The number of fused-ring (bicyclic) bond motifs is 1. The van der Waals surface area contributed by atoms with Gasteiger partial charge >= 0.3 is 5.97 Å². The Bertz CT molecular complexity index is 554. The van der Waals surface area contributed by atoms with Crippen LogP contribution in [-0.2, 0) is 9.59 Å². The van der Waals surface area contributed by atoms with Crippen LogP contribution in [0.15, 0.2) is 24.3 Å². The van der Waals surface area contributed by atoms with Crippen LogP contribution in [0.1, 0.15) is 19.3 Å². The van der Waals surface area contributed by atoms with Crippen LogP contribution in [0.4, 0.5) is 5.69 Å². The number of aliphatic carboxylic acids is 1. The van der Waals surface area contributed by atoms with Crippen molar-refractivity contribution in [3.8, 4) is 5.75 Å². The molecule has 112 valence electrons. The maximum atomic E-state index is 12.7. The lowest BCUT2D eigenvalue weighted by molar-refractivity contribution is -0.145. The number of amides is 1. The molecule has 0 radical (unpaired) electrons. The van der Waals surface area contributed by atoms with E-state index in [9.17, 15) is 14.7 Å². The minimum absolute atomic E-state index is 0.0450. The molecular formula is C15H18N2O4. The maximum Gasteiger partial charge on any atom is 0.346 e. The van der Waals surface area contributed by atoms with E-state index in [0.29, 0.717) is 11.4 Å².